The molecule has 0 aromatic carbocycles. The third-order valence-corrected chi connectivity index (χ3v) is 3.88. The fourth-order valence-corrected chi connectivity index (χ4v) is 2.56. The summed E-state index contributed by atoms with van der Waals surface area (Å²) < 4.78 is 2.31. The largest absolute Gasteiger partial charge is 0.373 e. The van der Waals surface area contributed by atoms with E-state index in [2.05, 4.69) is 45.8 Å². The summed E-state index contributed by atoms with van der Waals surface area (Å²) in [5.41, 5.74) is 0. The lowest BCUT2D eigenvalue weighted by Crippen LogP contribution is -2.42. The highest BCUT2D eigenvalue weighted by atomic mass is 35.5. The highest BCUT2D eigenvalue weighted by Crippen LogP contribution is 2.06. The summed E-state index contributed by atoms with van der Waals surface area (Å²) in [7, 11) is 4.33. The number of piperazine rings is 2. The van der Waals surface area contributed by atoms with Gasteiger partial charge in [-0.2, -0.15) is 0 Å². The van der Waals surface area contributed by atoms with E-state index in [1.54, 1.807) is 0 Å². The number of rotatable bonds is 2. The van der Waals surface area contributed by atoms with Gasteiger partial charge in [0, 0.05) is 32.4 Å². The summed E-state index contributed by atoms with van der Waals surface area (Å²) in [6.07, 6.45) is 4.18. The van der Waals surface area contributed by atoms with Crippen molar-refractivity contribution in [3.05, 3.63) is 11.2 Å². The fourth-order valence-electron chi connectivity index (χ4n) is 2.28. The van der Waals surface area contributed by atoms with Crippen LogP contribution in [0.15, 0.2) is 11.2 Å². The van der Waals surface area contributed by atoms with Gasteiger partial charge in [-0.3, -0.25) is 4.90 Å². The van der Waals surface area contributed by atoms with E-state index >= 15 is 0 Å². The molecule has 2 aliphatic heterocycles. The fraction of sp³-hybridized carbons (Fsp3) is 0.769. The van der Waals surface area contributed by atoms with Crippen molar-refractivity contribution >= 4 is 17.8 Å². The Balaban J connectivity index is 1.86. The minimum Gasteiger partial charge on any atom is -0.373 e. The number of allylic oxidation sites excluding steroid dienone is 1. The summed E-state index contributed by atoms with van der Waals surface area (Å²) in [5.74, 6) is 0. The molecule has 0 aromatic heterocycles. The molecule has 0 aromatic rings. The Labute approximate surface area is 115 Å². The van der Waals surface area contributed by atoms with Crippen LogP contribution < -0.4 is 0 Å². The molecule has 0 unspecified atom stereocenters. The Bertz CT molecular complexity index is 322. The van der Waals surface area contributed by atoms with Gasteiger partial charge >= 0.3 is 0 Å². The summed E-state index contributed by atoms with van der Waals surface area (Å²) in [6.45, 7) is 8.77. The molecule has 2 aliphatic rings. The maximum atomic E-state index is 6.32. The zero-order valence-corrected chi connectivity index (χ0v) is 12.2. The molecule has 4 nitrogen and oxygen atoms in total. The van der Waals surface area contributed by atoms with Gasteiger partial charge in [-0.05, 0) is 14.1 Å². The average Bonchev–Trinajstić information content (AvgIpc) is 2.35. The second-order valence-corrected chi connectivity index (χ2v) is 5.76. The number of halogens is 1. The zero-order chi connectivity index (χ0) is 13.0. The average molecular weight is 272 g/mol. The molecule has 0 bridgehead atoms. The van der Waals surface area contributed by atoms with Crippen molar-refractivity contribution in [3.8, 4) is 0 Å². The summed E-state index contributed by atoms with van der Waals surface area (Å²) >= 11 is 6.32. The van der Waals surface area contributed by atoms with E-state index in [1.807, 2.05) is 0 Å². The number of hydrogen-bond acceptors (Lipinski definition) is 3. The first-order valence-electron chi connectivity index (χ1n) is 6.71. The molecule has 0 aliphatic carbocycles. The Morgan fingerprint density at radius 1 is 0.944 bits per heavy atom. The van der Waals surface area contributed by atoms with E-state index in [0.29, 0.717) is 0 Å². The van der Waals surface area contributed by atoms with E-state index < -0.39 is 0 Å². The van der Waals surface area contributed by atoms with E-state index in [1.165, 1.54) is 0 Å². The van der Waals surface area contributed by atoms with Crippen molar-refractivity contribution in [2.45, 2.75) is 0 Å². The maximum absolute atomic E-state index is 6.32. The van der Waals surface area contributed by atoms with Gasteiger partial charge in [0.2, 0.25) is 0 Å². The summed E-state index contributed by atoms with van der Waals surface area (Å²) in [5, 5.41) is 0.851. The van der Waals surface area contributed by atoms with Gasteiger partial charge < -0.3 is 9.80 Å². The second-order valence-electron chi connectivity index (χ2n) is 5.32. The standard InChI is InChI=1S/C13H24ClN4/c1-15-3-7-17(8-4-15)11-13(14)12-18-9-5-16(2)6-10-18/h11-12H,3-10H2,1-2H3/q+1. The maximum Gasteiger partial charge on any atom is 0.183 e. The Morgan fingerprint density at radius 2 is 1.50 bits per heavy atom. The van der Waals surface area contributed by atoms with E-state index in [4.69, 9.17) is 11.6 Å². The highest BCUT2D eigenvalue weighted by molar-refractivity contribution is 6.38. The number of likely N-dealkylation sites (N-methyl/N-ethyl adjacent to an activating group) is 2. The van der Waals surface area contributed by atoms with Crippen molar-refractivity contribution in [2.75, 3.05) is 66.5 Å². The zero-order valence-electron chi connectivity index (χ0n) is 11.5. The molecule has 0 atom stereocenters. The second kappa shape index (κ2) is 6.55. The molecule has 2 heterocycles. The van der Waals surface area contributed by atoms with Crippen LogP contribution >= 0.6 is 11.6 Å². The van der Waals surface area contributed by atoms with Crippen LogP contribution in [0.2, 0.25) is 0 Å². The quantitative estimate of drug-likeness (QED) is 0.673. The minimum atomic E-state index is 0.851. The molecule has 2 rings (SSSR count). The first-order valence-corrected chi connectivity index (χ1v) is 7.08. The predicted molar refractivity (Wildman–Crippen MR) is 76.6 cm³/mol. The summed E-state index contributed by atoms with van der Waals surface area (Å²) in [6, 6.07) is 0. The number of hydrogen-bond donors (Lipinski definition) is 0. The Hall–Kier alpha value is -0.580. The molecule has 0 saturated carbocycles. The third kappa shape index (κ3) is 4.26. The van der Waals surface area contributed by atoms with Crippen LogP contribution in [0.5, 0.6) is 0 Å². The first kappa shape index (κ1) is 13.8. The molecular formula is C13H24ClN4+. The van der Waals surface area contributed by atoms with Gasteiger partial charge in [-0.1, -0.05) is 11.6 Å². The van der Waals surface area contributed by atoms with E-state index in [0.717, 1.165) is 57.4 Å². The van der Waals surface area contributed by atoms with Crippen molar-refractivity contribution in [2.24, 2.45) is 0 Å². The molecular weight excluding hydrogens is 248 g/mol. The predicted octanol–water partition coefficient (Wildman–Crippen LogP) is 0.343. The topological polar surface area (TPSA) is 12.7 Å². The van der Waals surface area contributed by atoms with Crippen molar-refractivity contribution in [3.63, 3.8) is 0 Å². The molecule has 18 heavy (non-hydrogen) atoms. The van der Waals surface area contributed by atoms with Crippen molar-refractivity contribution < 1.29 is 4.58 Å². The monoisotopic (exact) mass is 271 g/mol. The third-order valence-electron chi connectivity index (χ3n) is 3.69. The van der Waals surface area contributed by atoms with Crippen molar-refractivity contribution in [1.82, 2.24) is 14.7 Å². The Kier molecular flexibility index (Phi) is 5.03. The van der Waals surface area contributed by atoms with Gasteiger partial charge in [0.05, 0.1) is 13.1 Å². The van der Waals surface area contributed by atoms with Crippen LogP contribution in [0.4, 0.5) is 0 Å². The highest BCUT2D eigenvalue weighted by Gasteiger charge is 2.16. The van der Waals surface area contributed by atoms with Gasteiger partial charge in [-0.15, -0.1) is 0 Å². The molecule has 5 heteroatoms. The smallest absolute Gasteiger partial charge is 0.183 e. The van der Waals surface area contributed by atoms with Gasteiger partial charge in [0.1, 0.15) is 5.03 Å². The molecule has 102 valence electrons. The molecule has 0 radical (unpaired) electrons. The van der Waals surface area contributed by atoms with Crippen LogP contribution in [0.3, 0.4) is 0 Å². The van der Waals surface area contributed by atoms with E-state index in [9.17, 15) is 0 Å². The first-order chi connectivity index (χ1) is 8.63. The minimum absolute atomic E-state index is 0.851. The summed E-state index contributed by atoms with van der Waals surface area (Å²) in [4.78, 5) is 7.01. The SMILES string of the molecule is CN1CCN(/C=C(\Cl)C=[N+]2CCN(C)CC2)CC1. The van der Waals surface area contributed by atoms with Crippen LogP contribution in [0, 0.1) is 0 Å². The van der Waals surface area contributed by atoms with Gasteiger partial charge in [-0.25, -0.2) is 4.58 Å². The van der Waals surface area contributed by atoms with Gasteiger partial charge in [0.15, 0.2) is 19.3 Å². The molecule has 0 spiro atoms. The number of nitrogens with zero attached hydrogens (tertiary/aromatic N) is 4. The van der Waals surface area contributed by atoms with Crippen molar-refractivity contribution in [1.29, 1.82) is 0 Å². The molecule has 2 saturated heterocycles. The Morgan fingerprint density at radius 3 is 2.11 bits per heavy atom. The lowest BCUT2D eigenvalue weighted by atomic mass is 10.3. The van der Waals surface area contributed by atoms with Crippen LogP contribution in [-0.2, 0) is 0 Å². The lowest BCUT2D eigenvalue weighted by Gasteiger charge is -2.31. The molecule has 2 fully saturated rings. The lowest BCUT2D eigenvalue weighted by molar-refractivity contribution is -0.534. The molecule has 0 N–H and O–H groups in total. The van der Waals surface area contributed by atoms with Gasteiger partial charge in [0.25, 0.3) is 0 Å². The molecule has 0 amide bonds. The van der Waals surface area contributed by atoms with Crippen LogP contribution in [0.25, 0.3) is 0 Å². The normalized spacial score (nSPS) is 24.5. The van der Waals surface area contributed by atoms with Crippen LogP contribution in [0.1, 0.15) is 0 Å². The van der Waals surface area contributed by atoms with Crippen LogP contribution in [-0.4, -0.2) is 91.9 Å². The van der Waals surface area contributed by atoms with E-state index in [-0.39, 0.29) is 0 Å².